The summed E-state index contributed by atoms with van der Waals surface area (Å²) in [4.78, 5) is 39.4. The van der Waals surface area contributed by atoms with E-state index in [9.17, 15) is 14.4 Å². The molecular formula is C14H16N4O3. The Balaban J connectivity index is 2.02. The van der Waals surface area contributed by atoms with Crippen LogP contribution in [0.2, 0.25) is 0 Å². The molecule has 0 saturated carbocycles. The number of hydrogen-bond acceptors (Lipinski definition) is 4. The van der Waals surface area contributed by atoms with Crippen LogP contribution in [0.4, 0.5) is 0 Å². The van der Waals surface area contributed by atoms with Crippen molar-refractivity contribution < 1.29 is 4.79 Å². The third kappa shape index (κ3) is 3.25. The molecule has 0 spiro atoms. The lowest BCUT2D eigenvalue weighted by Crippen LogP contribution is -2.35. The van der Waals surface area contributed by atoms with E-state index in [-0.39, 0.29) is 23.2 Å². The van der Waals surface area contributed by atoms with Gasteiger partial charge in [-0.2, -0.15) is 0 Å². The number of rotatable bonds is 4. The smallest absolute Gasteiger partial charge is 0.263 e. The van der Waals surface area contributed by atoms with Crippen molar-refractivity contribution in [3.63, 3.8) is 0 Å². The largest absolute Gasteiger partial charge is 0.350 e. The minimum atomic E-state index is -0.454. The lowest BCUT2D eigenvalue weighted by molar-refractivity contribution is 0.0950. The van der Waals surface area contributed by atoms with Gasteiger partial charge in [0.05, 0.1) is 6.33 Å². The van der Waals surface area contributed by atoms with Crippen LogP contribution in [0.15, 0.2) is 40.4 Å². The van der Waals surface area contributed by atoms with Gasteiger partial charge in [-0.1, -0.05) is 0 Å². The summed E-state index contributed by atoms with van der Waals surface area (Å²) in [7, 11) is 1.58. The molecule has 0 unspecified atom stereocenters. The van der Waals surface area contributed by atoms with E-state index >= 15 is 0 Å². The van der Waals surface area contributed by atoms with E-state index in [0.717, 1.165) is 0 Å². The normalized spacial score (nSPS) is 10.4. The first-order valence-electron chi connectivity index (χ1n) is 6.45. The Morgan fingerprint density at radius 1 is 1.33 bits per heavy atom. The molecule has 0 aliphatic carbocycles. The Kier molecular flexibility index (Phi) is 4.32. The maximum absolute atomic E-state index is 11.9. The number of carbonyl (C=O) groups is 1. The van der Waals surface area contributed by atoms with E-state index in [2.05, 4.69) is 10.3 Å². The SMILES string of the molecule is Cc1cncn(CCNC(=O)c2cccn(C)c2=O)c1=O. The first-order valence-corrected chi connectivity index (χ1v) is 6.45. The molecule has 1 N–H and O–H groups in total. The molecule has 0 atom stereocenters. The standard InChI is InChI=1S/C14H16N4O3/c1-10-8-15-9-18(13(10)20)7-5-16-12(19)11-4-3-6-17(2)14(11)21/h3-4,6,8-9H,5,7H2,1-2H3,(H,16,19). The first kappa shape index (κ1) is 14.7. The number of nitrogens with one attached hydrogen (secondary N) is 1. The summed E-state index contributed by atoms with van der Waals surface area (Å²) in [5, 5.41) is 2.62. The number of pyridine rings is 1. The molecule has 2 heterocycles. The highest BCUT2D eigenvalue weighted by atomic mass is 16.2. The van der Waals surface area contributed by atoms with Crippen molar-refractivity contribution in [3.8, 4) is 0 Å². The van der Waals surface area contributed by atoms with Gasteiger partial charge in [0.15, 0.2) is 0 Å². The number of amides is 1. The highest BCUT2D eigenvalue weighted by Gasteiger charge is 2.10. The highest BCUT2D eigenvalue weighted by Crippen LogP contribution is 1.91. The van der Waals surface area contributed by atoms with E-state index in [1.54, 1.807) is 26.2 Å². The van der Waals surface area contributed by atoms with Gasteiger partial charge in [-0.15, -0.1) is 0 Å². The molecule has 2 aromatic heterocycles. The molecule has 0 fully saturated rings. The number of aromatic nitrogens is 3. The molecule has 1 amide bonds. The Hall–Kier alpha value is -2.70. The fourth-order valence-corrected chi connectivity index (χ4v) is 1.87. The highest BCUT2D eigenvalue weighted by molar-refractivity contribution is 5.93. The van der Waals surface area contributed by atoms with Crippen molar-refractivity contribution in [2.75, 3.05) is 6.54 Å². The van der Waals surface area contributed by atoms with Gasteiger partial charge in [0.25, 0.3) is 17.0 Å². The number of carbonyl (C=O) groups excluding carboxylic acids is 1. The summed E-state index contributed by atoms with van der Waals surface area (Å²) < 4.78 is 2.75. The minimum absolute atomic E-state index is 0.0784. The summed E-state index contributed by atoms with van der Waals surface area (Å²) in [6.07, 6.45) is 4.49. The van der Waals surface area contributed by atoms with E-state index in [0.29, 0.717) is 12.1 Å². The fourth-order valence-electron chi connectivity index (χ4n) is 1.87. The molecule has 0 aromatic carbocycles. The van der Waals surface area contributed by atoms with Gasteiger partial charge in [-0.05, 0) is 19.1 Å². The molecule has 0 saturated heterocycles. The van der Waals surface area contributed by atoms with E-state index in [1.807, 2.05) is 0 Å². The van der Waals surface area contributed by atoms with E-state index in [4.69, 9.17) is 0 Å². The molecule has 7 nitrogen and oxygen atoms in total. The molecule has 2 aromatic rings. The zero-order valence-electron chi connectivity index (χ0n) is 11.9. The van der Waals surface area contributed by atoms with Crippen molar-refractivity contribution in [3.05, 3.63) is 62.7 Å². The first-order chi connectivity index (χ1) is 10.0. The van der Waals surface area contributed by atoms with Crippen LogP contribution in [0, 0.1) is 6.92 Å². The van der Waals surface area contributed by atoms with Crippen LogP contribution in [0.1, 0.15) is 15.9 Å². The van der Waals surface area contributed by atoms with Gasteiger partial charge in [0, 0.05) is 38.1 Å². The van der Waals surface area contributed by atoms with Crippen LogP contribution in [0.3, 0.4) is 0 Å². The van der Waals surface area contributed by atoms with Crippen LogP contribution in [0.5, 0.6) is 0 Å². The van der Waals surface area contributed by atoms with Crippen LogP contribution < -0.4 is 16.4 Å². The lowest BCUT2D eigenvalue weighted by atomic mass is 10.2. The average molecular weight is 288 g/mol. The second kappa shape index (κ2) is 6.17. The zero-order valence-corrected chi connectivity index (χ0v) is 11.9. The van der Waals surface area contributed by atoms with Gasteiger partial charge in [0.2, 0.25) is 0 Å². The van der Waals surface area contributed by atoms with Crippen molar-refractivity contribution in [1.29, 1.82) is 0 Å². The third-order valence-corrected chi connectivity index (χ3v) is 3.08. The molecule has 0 aliphatic rings. The summed E-state index contributed by atoms with van der Waals surface area (Å²) in [5.41, 5.74) is 0.120. The van der Waals surface area contributed by atoms with Crippen molar-refractivity contribution in [1.82, 2.24) is 19.4 Å². The average Bonchev–Trinajstić information content (AvgIpc) is 2.46. The van der Waals surface area contributed by atoms with Crippen LogP contribution in [0.25, 0.3) is 0 Å². The van der Waals surface area contributed by atoms with Gasteiger partial charge in [0.1, 0.15) is 5.56 Å². The topological polar surface area (TPSA) is 86.0 Å². The molecule has 0 radical (unpaired) electrons. The molecule has 0 bridgehead atoms. The second-order valence-electron chi connectivity index (χ2n) is 4.67. The maximum atomic E-state index is 11.9. The molecular weight excluding hydrogens is 272 g/mol. The van der Waals surface area contributed by atoms with Gasteiger partial charge in [-0.3, -0.25) is 19.0 Å². The Bertz CT molecular complexity index is 776. The monoisotopic (exact) mass is 288 g/mol. The predicted molar refractivity (Wildman–Crippen MR) is 77.3 cm³/mol. The Morgan fingerprint density at radius 3 is 2.86 bits per heavy atom. The second-order valence-corrected chi connectivity index (χ2v) is 4.67. The number of nitrogens with zero attached hydrogens (tertiary/aromatic N) is 3. The van der Waals surface area contributed by atoms with Crippen molar-refractivity contribution in [2.45, 2.75) is 13.5 Å². The minimum Gasteiger partial charge on any atom is -0.350 e. The molecule has 110 valence electrons. The maximum Gasteiger partial charge on any atom is 0.263 e. The fraction of sp³-hybridized carbons (Fsp3) is 0.286. The Morgan fingerprint density at radius 2 is 2.10 bits per heavy atom. The van der Waals surface area contributed by atoms with Crippen LogP contribution >= 0.6 is 0 Å². The summed E-state index contributed by atoms with van der Waals surface area (Å²) in [6, 6.07) is 3.10. The quantitative estimate of drug-likeness (QED) is 0.835. The van der Waals surface area contributed by atoms with Crippen molar-refractivity contribution in [2.24, 2.45) is 7.05 Å². The predicted octanol–water partition coefficient (Wildman–Crippen LogP) is -0.320. The van der Waals surface area contributed by atoms with E-state index in [1.165, 1.54) is 27.7 Å². The number of aryl methyl sites for hydroxylation is 2. The van der Waals surface area contributed by atoms with Crippen molar-refractivity contribution >= 4 is 5.91 Å². The molecule has 2 rings (SSSR count). The Labute approximate surface area is 120 Å². The summed E-state index contributed by atoms with van der Waals surface area (Å²) >= 11 is 0. The van der Waals surface area contributed by atoms with Gasteiger partial charge < -0.3 is 9.88 Å². The van der Waals surface area contributed by atoms with Gasteiger partial charge >= 0.3 is 0 Å². The molecule has 0 aliphatic heterocycles. The molecule has 7 heteroatoms. The zero-order chi connectivity index (χ0) is 15.4. The van der Waals surface area contributed by atoms with Crippen LogP contribution in [-0.2, 0) is 13.6 Å². The summed E-state index contributed by atoms with van der Waals surface area (Å²) in [6.45, 7) is 2.21. The van der Waals surface area contributed by atoms with Gasteiger partial charge in [-0.25, -0.2) is 4.98 Å². The van der Waals surface area contributed by atoms with Crippen LogP contribution in [-0.4, -0.2) is 26.6 Å². The molecule has 21 heavy (non-hydrogen) atoms. The summed E-state index contributed by atoms with van der Waals surface area (Å²) in [5.74, 6) is -0.454. The van der Waals surface area contributed by atoms with E-state index < -0.39 is 5.91 Å². The lowest BCUT2D eigenvalue weighted by Gasteiger charge is -2.08. The third-order valence-electron chi connectivity index (χ3n) is 3.08. The number of hydrogen-bond donors (Lipinski definition) is 1.